The van der Waals surface area contributed by atoms with Crippen molar-refractivity contribution in [2.24, 2.45) is 35.5 Å². The molecule has 0 radical (unpaired) electrons. The van der Waals surface area contributed by atoms with Crippen LogP contribution in [-0.2, 0) is 0 Å². The zero-order chi connectivity index (χ0) is 39.5. The molecule has 0 aromatic carbocycles. The molecule has 3 saturated heterocycles. The third-order valence-corrected chi connectivity index (χ3v) is 11.1. The van der Waals surface area contributed by atoms with E-state index in [1.54, 1.807) is 0 Å². The van der Waals surface area contributed by atoms with Crippen molar-refractivity contribution >= 4 is 0 Å². The van der Waals surface area contributed by atoms with Crippen molar-refractivity contribution in [3.8, 4) is 0 Å². The van der Waals surface area contributed by atoms with E-state index in [1.165, 1.54) is 57.1 Å². The van der Waals surface area contributed by atoms with E-state index in [0.29, 0.717) is 17.8 Å². The van der Waals surface area contributed by atoms with Crippen molar-refractivity contribution in [1.29, 1.82) is 0 Å². The molecule has 1 N–H and O–H groups in total. The Morgan fingerprint density at radius 2 is 0.654 bits per heavy atom. The molecule has 0 aromatic heterocycles. The SMILES string of the molecule is C=C1N(CC(C)CC)CCN1CC(C)CC.C=C1N(CC(C)CC)CCN1CC(C)CO.C=C1N(CC(C)CN(C)C)CCN1CC(C)CN(C)C. The molecule has 0 spiro atoms. The fourth-order valence-electron chi connectivity index (χ4n) is 7.34. The number of aliphatic hydroxyl groups excluding tert-OH is 1. The highest BCUT2D eigenvalue weighted by Crippen LogP contribution is 2.23. The normalized spacial score (nSPS) is 20.0. The maximum absolute atomic E-state index is 9.06. The van der Waals surface area contributed by atoms with Crippen LogP contribution >= 0.6 is 0 Å². The summed E-state index contributed by atoms with van der Waals surface area (Å²) in [5.74, 6) is 7.59. The van der Waals surface area contributed by atoms with Gasteiger partial charge in [0.25, 0.3) is 0 Å². The molecule has 6 atom stereocenters. The minimum Gasteiger partial charge on any atom is -0.396 e. The highest BCUT2D eigenvalue weighted by molar-refractivity contribution is 5.02. The second-order valence-electron chi connectivity index (χ2n) is 17.5. The van der Waals surface area contributed by atoms with Crippen LogP contribution in [0.25, 0.3) is 0 Å². The summed E-state index contributed by atoms with van der Waals surface area (Å²) in [5.41, 5.74) is 0. The van der Waals surface area contributed by atoms with Gasteiger partial charge in [-0.05, 0) is 63.7 Å². The van der Waals surface area contributed by atoms with Gasteiger partial charge < -0.3 is 44.3 Å². The number of aliphatic hydroxyl groups is 1. The van der Waals surface area contributed by atoms with Crippen molar-refractivity contribution in [1.82, 2.24) is 39.2 Å². The van der Waals surface area contributed by atoms with E-state index in [9.17, 15) is 0 Å². The van der Waals surface area contributed by atoms with Crippen molar-refractivity contribution < 1.29 is 5.11 Å². The van der Waals surface area contributed by atoms with Gasteiger partial charge in [0.15, 0.2) is 0 Å². The Bertz CT molecular complexity index is 884. The molecular formula is C43H88N8O. The summed E-state index contributed by atoms with van der Waals surface area (Å²) in [6, 6.07) is 0. The van der Waals surface area contributed by atoms with Crippen LogP contribution in [0.15, 0.2) is 37.2 Å². The highest BCUT2D eigenvalue weighted by Gasteiger charge is 2.27. The molecule has 3 aliphatic heterocycles. The van der Waals surface area contributed by atoms with Crippen LogP contribution in [0.1, 0.15) is 81.6 Å². The first-order valence-corrected chi connectivity index (χ1v) is 20.9. The predicted octanol–water partition coefficient (Wildman–Crippen LogP) is 6.39. The molecule has 0 aliphatic carbocycles. The van der Waals surface area contributed by atoms with E-state index in [1.807, 2.05) is 0 Å². The van der Waals surface area contributed by atoms with Gasteiger partial charge in [-0.3, -0.25) is 0 Å². The van der Waals surface area contributed by atoms with Crippen LogP contribution in [0.3, 0.4) is 0 Å². The fourth-order valence-corrected chi connectivity index (χ4v) is 7.34. The summed E-state index contributed by atoms with van der Waals surface area (Å²) in [6.07, 6.45) is 3.74. The maximum atomic E-state index is 9.06. The molecule has 0 amide bonds. The standard InChI is InChI=1S/C16H34N4.C14H28N2.C13H26N2O/c1-14(10-17(4)5)12-19-8-9-20(16(19)3)13-15(2)11-18(6)7;1-6-12(3)10-15-8-9-16(14(15)5)11-13(4)7-2;1-5-11(2)8-14-6-7-15(13(14)4)9-12(3)10-16/h14-15H,3,8-13H2,1-2,4-7H3;12-13H,5-11H2,1-4H3;11-12,16H,4-10H2,1-3H3. The molecule has 306 valence electrons. The molecular weight excluding hydrogens is 645 g/mol. The third kappa shape index (κ3) is 17.8. The average molecular weight is 733 g/mol. The van der Waals surface area contributed by atoms with Gasteiger partial charge in [-0.2, -0.15) is 0 Å². The second kappa shape index (κ2) is 25.1. The van der Waals surface area contributed by atoms with E-state index in [-0.39, 0.29) is 6.61 Å². The van der Waals surface area contributed by atoms with E-state index in [0.717, 1.165) is 89.0 Å². The number of rotatable bonds is 20. The van der Waals surface area contributed by atoms with Crippen molar-refractivity contribution in [2.75, 3.05) is 126 Å². The lowest BCUT2D eigenvalue weighted by Crippen LogP contribution is -2.33. The molecule has 0 bridgehead atoms. The number of hydrogen-bond donors (Lipinski definition) is 1. The smallest absolute Gasteiger partial charge is 0.0966 e. The quantitative estimate of drug-likeness (QED) is 0.154. The Kier molecular flexibility index (Phi) is 23.1. The van der Waals surface area contributed by atoms with Gasteiger partial charge in [0.2, 0.25) is 0 Å². The van der Waals surface area contributed by atoms with E-state index in [2.05, 4.69) is 149 Å². The first-order chi connectivity index (χ1) is 24.4. The molecule has 3 fully saturated rings. The van der Waals surface area contributed by atoms with Crippen molar-refractivity contribution in [2.45, 2.75) is 81.6 Å². The largest absolute Gasteiger partial charge is 0.396 e. The van der Waals surface area contributed by atoms with Gasteiger partial charge in [0.05, 0.1) is 17.5 Å². The molecule has 6 unspecified atom stereocenters. The van der Waals surface area contributed by atoms with Gasteiger partial charge in [0, 0.05) is 98.2 Å². The van der Waals surface area contributed by atoms with E-state index >= 15 is 0 Å². The molecule has 9 nitrogen and oxygen atoms in total. The maximum Gasteiger partial charge on any atom is 0.0966 e. The molecule has 9 heteroatoms. The molecule has 52 heavy (non-hydrogen) atoms. The second-order valence-corrected chi connectivity index (χ2v) is 17.5. The Hall–Kier alpha value is -2.10. The van der Waals surface area contributed by atoms with Crippen LogP contribution in [0, 0.1) is 35.5 Å². The minimum atomic E-state index is 0.259. The van der Waals surface area contributed by atoms with Crippen molar-refractivity contribution in [3.05, 3.63) is 37.2 Å². The van der Waals surface area contributed by atoms with Gasteiger partial charge >= 0.3 is 0 Å². The predicted molar refractivity (Wildman–Crippen MR) is 227 cm³/mol. The van der Waals surface area contributed by atoms with E-state index in [4.69, 9.17) is 5.11 Å². The first kappa shape index (κ1) is 47.9. The summed E-state index contributed by atoms with van der Waals surface area (Å²) in [6.45, 7) is 49.0. The zero-order valence-corrected chi connectivity index (χ0v) is 36.8. The summed E-state index contributed by atoms with van der Waals surface area (Å²) >= 11 is 0. The molecule has 3 heterocycles. The minimum absolute atomic E-state index is 0.259. The van der Waals surface area contributed by atoms with E-state index < -0.39 is 0 Å². The van der Waals surface area contributed by atoms with Crippen molar-refractivity contribution in [3.63, 3.8) is 0 Å². The van der Waals surface area contributed by atoms with Gasteiger partial charge in [0.1, 0.15) is 0 Å². The van der Waals surface area contributed by atoms with Crippen LogP contribution < -0.4 is 0 Å². The lowest BCUT2D eigenvalue weighted by atomic mass is 10.1. The number of hydrogen-bond acceptors (Lipinski definition) is 9. The van der Waals surface area contributed by atoms with Gasteiger partial charge in [-0.25, -0.2) is 0 Å². The van der Waals surface area contributed by atoms with Crippen LogP contribution in [0.5, 0.6) is 0 Å². The molecule has 0 saturated carbocycles. The zero-order valence-electron chi connectivity index (χ0n) is 36.8. The van der Waals surface area contributed by atoms with Crippen LogP contribution in [0.2, 0.25) is 0 Å². The average Bonchev–Trinajstić information content (AvgIpc) is 3.72. The lowest BCUT2D eigenvalue weighted by molar-refractivity contribution is 0.198. The molecule has 3 aliphatic rings. The molecule has 3 rings (SSSR count). The lowest BCUT2D eigenvalue weighted by Gasteiger charge is -2.29. The third-order valence-electron chi connectivity index (χ3n) is 11.1. The molecule has 0 aromatic rings. The summed E-state index contributed by atoms with van der Waals surface area (Å²) in [5, 5.41) is 9.06. The summed E-state index contributed by atoms with van der Waals surface area (Å²) in [7, 11) is 8.57. The fraction of sp³-hybridized carbons (Fsp3) is 0.860. The highest BCUT2D eigenvalue weighted by atomic mass is 16.3. The van der Waals surface area contributed by atoms with Crippen LogP contribution in [0.4, 0.5) is 0 Å². The Labute approximate surface area is 324 Å². The Morgan fingerprint density at radius 1 is 0.442 bits per heavy atom. The topological polar surface area (TPSA) is 46.2 Å². The summed E-state index contributed by atoms with van der Waals surface area (Å²) in [4.78, 5) is 19.0. The first-order valence-electron chi connectivity index (χ1n) is 20.9. The Balaban J connectivity index is 0.000000394. The van der Waals surface area contributed by atoms with Gasteiger partial charge in [-0.15, -0.1) is 0 Å². The number of nitrogens with zero attached hydrogens (tertiary/aromatic N) is 8. The van der Waals surface area contributed by atoms with Gasteiger partial charge in [-0.1, -0.05) is 101 Å². The Morgan fingerprint density at radius 3 is 0.846 bits per heavy atom. The monoisotopic (exact) mass is 733 g/mol. The van der Waals surface area contributed by atoms with Crippen LogP contribution in [-0.4, -0.2) is 171 Å². The summed E-state index contributed by atoms with van der Waals surface area (Å²) < 4.78 is 0.